The van der Waals surface area contributed by atoms with Crippen molar-refractivity contribution in [1.82, 2.24) is 4.90 Å². The first-order chi connectivity index (χ1) is 8.00. The molecular weight excluding hydrogens is 214 g/mol. The molecule has 0 saturated heterocycles. The van der Waals surface area contributed by atoms with Crippen LogP contribution in [-0.2, 0) is 9.59 Å². The molecule has 0 aromatic heterocycles. The Balaban J connectivity index is 1.93. The molecule has 2 saturated carbocycles. The molecule has 0 aliphatic heterocycles. The van der Waals surface area contributed by atoms with Crippen molar-refractivity contribution in [3.63, 3.8) is 0 Å². The monoisotopic (exact) mass is 237 g/mol. The van der Waals surface area contributed by atoms with E-state index < -0.39 is 0 Å². The second-order valence-corrected chi connectivity index (χ2v) is 5.89. The van der Waals surface area contributed by atoms with E-state index in [2.05, 4.69) is 6.92 Å². The molecule has 0 aromatic carbocycles. The molecule has 3 nitrogen and oxygen atoms in total. The Morgan fingerprint density at radius 2 is 1.82 bits per heavy atom. The van der Waals surface area contributed by atoms with E-state index >= 15 is 0 Å². The summed E-state index contributed by atoms with van der Waals surface area (Å²) in [5, 5.41) is 0. The summed E-state index contributed by atoms with van der Waals surface area (Å²) in [6, 6.07) is 0.424. The van der Waals surface area contributed by atoms with Crippen molar-refractivity contribution in [2.45, 2.75) is 52.0 Å². The molecule has 96 valence electrons. The minimum Gasteiger partial charge on any atom is -0.342 e. The fourth-order valence-electron chi connectivity index (χ4n) is 3.84. The van der Waals surface area contributed by atoms with Crippen molar-refractivity contribution in [2.24, 2.45) is 17.8 Å². The molecule has 0 heterocycles. The van der Waals surface area contributed by atoms with Crippen LogP contribution in [-0.4, -0.2) is 29.7 Å². The quantitative estimate of drug-likeness (QED) is 0.752. The van der Waals surface area contributed by atoms with Crippen molar-refractivity contribution in [3.8, 4) is 0 Å². The van der Waals surface area contributed by atoms with Gasteiger partial charge < -0.3 is 9.69 Å². The van der Waals surface area contributed by atoms with Gasteiger partial charge in [0.15, 0.2) is 0 Å². The maximum absolute atomic E-state index is 12.0. The molecule has 2 aliphatic rings. The highest BCUT2D eigenvalue weighted by atomic mass is 16.2. The third kappa shape index (κ3) is 2.38. The van der Waals surface area contributed by atoms with Gasteiger partial charge in [-0.1, -0.05) is 6.92 Å². The molecule has 2 aliphatic carbocycles. The molecule has 1 amide bonds. The lowest BCUT2D eigenvalue weighted by molar-refractivity contribution is -0.135. The maximum atomic E-state index is 12.0. The Hall–Kier alpha value is -0.860. The second-order valence-electron chi connectivity index (χ2n) is 5.89. The summed E-state index contributed by atoms with van der Waals surface area (Å²) in [6.07, 6.45) is 4.70. The maximum Gasteiger partial charge on any atom is 0.223 e. The first-order valence-electron chi connectivity index (χ1n) is 6.75. The van der Waals surface area contributed by atoms with Gasteiger partial charge in [-0.05, 0) is 43.9 Å². The highest BCUT2D eigenvalue weighted by Crippen LogP contribution is 2.50. The average molecular weight is 237 g/mol. The lowest BCUT2D eigenvalue weighted by atomic mass is 9.85. The molecule has 0 aromatic rings. The summed E-state index contributed by atoms with van der Waals surface area (Å²) in [4.78, 5) is 24.9. The number of Topliss-reactive ketones (excluding diaryl/α,β-unsaturated/α-hetero) is 1. The smallest absolute Gasteiger partial charge is 0.223 e. The lowest BCUT2D eigenvalue weighted by Crippen LogP contribution is -2.44. The molecule has 3 heteroatoms. The summed E-state index contributed by atoms with van der Waals surface area (Å²) in [5.74, 6) is 2.42. The fraction of sp³-hybridized carbons (Fsp3) is 0.857. The zero-order chi connectivity index (χ0) is 12.6. The van der Waals surface area contributed by atoms with Gasteiger partial charge in [0.05, 0.1) is 0 Å². The Morgan fingerprint density at radius 1 is 1.18 bits per heavy atom. The number of fused-ring (bicyclic) bond motifs is 2. The van der Waals surface area contributed by atoms with E-state index in [1.165, 1.54) is 19.3 Å². The van der Waals surface area contributed by atoms with Crippen molar-refractivity contribution in [1.29, 1.82) is 0 Å². The van der Waals surface area contributed by atoms with Crippen LogP contribution < -0.4 is 0 Å². The van der Waals surface area contributed by atoms with E-state index in [4.69, 9.17) is 0 Å². The van der Waals surface area contributed by atoms with Crippen LogP contribution in [0.3, 0.4) is 0 Å². The Bertz CT molecular complexity index is 324. The van der Waals surface area contributed by atoms with Crippen LogP contribution in [0.25, 0.3) is 0 Å². The summed E-state index contributed by atoms with van der Waals surface area (Å²) in [6.45, 7) is 3.83. The summed E-state index contributed by atoms with van der Waals surface area (Å²) < 4.78 is 0. The zero-order valence-electron chi connectivity index (χ0n) is 11.1. The molecule has 2 bridgehead atoms. The van der Waals surface area contributed by atoms with Crippen LogP contribution in [0, 0.1) is 17.8 Å². The van der Waals surface area contributed by atoms with Gasteiger partial charge in [0.1, 0.15) is 5.78 Å². The minimum absolute atomic E-state index is 0.104. The van der Waals surface area contributed by atoms with E-state index in [9.17, 15) is 9.59 Å². The van der Waals surface area contributed by atoms with E-state index in [-0.39, 0.29) is 11.7 Å². The van der Waals surface area contributed by atoms with Gasteiger partial charge in [-0.25, -0.2) is 0 Å². The third-order valence-corrected chi connectivity index (χ3v) is 4.81. The Labute approximate surface area is 104 Å². The highest BCUT2D eigenvalue weighted by Gasteiger charge is 2.47. The molecule has 0 radical (unpaired) electrons. The molecule has 0 N–H and O–H groups in total. The number of ketones is 1. The molecule has 17 heavy (non-hydrogen) atoms. The van der Waals surface area contributed by atoms with Crippen LogP contribution in [0.1, 0.15) is 46.0 Å². The van der Waals surface area contributed by atoms with Crippen LogP contribution >= 0.6 is 0 Å². The number of nitrogens with zero attached hydrogens (tertiary/aromatic N) is 1. The first kappa shape index (κ1) is 12.6. The second kappa shape index (κ2) is 4.79. The van der Waals surface area contributed by atoms with Gasteiger partial charge in [0.2, 0.25) is 5.91 Å². The molecule has 2 fully saturated rings. The normalized spacial score (nSPS) is 35.0. The van der Waals surface area contributed by atoms with Crippen LogP contribution in [0.4, 0.5) is 0 Å². The summed E-state index contributed by atoms with van der Waals surface area (Å²) >= 11 is 0. The van der Waals surface area contributed by atoms with Crippen molar-refractivity contribution in [3.05, 3.63) is 0 Å². The van der Waals surface area contributed by atoms with Crippen molar-refractivity contribution < 1.29 is 9.59 Å². The Morgan fingerprint density at radius 3 is 2.35 bits per heavy atom. The standard InChI is InChI=1S/C14H23NO2/c1-9(16)4-7-13(17)15(3)14-10(2)11-5-6-12(14)8-11/h10-12,14H,4-8H2,1-3H3. The summed E-state index contributed by atoms with van der Waals surface area (Å²) in [5.41, 5.74) is 0. The number of hydrogen-bond acceptors (Lipinski definition) is 2. The van der Waals surface area contributed by atoms with Gasteiger partial charge in [0.25, 0.3) is 0 Å². The number of amides is 1. The molecule has 0 spiro atoms. The average Bonchev–Trinajstić information content (AvgIpc) is 2.85. The molecular formula is C14H23NO2. The largest absolute Gasteiger partial charge is 0.342 e. The molecule has 2 rings (SSSR count). The Kier molecular flexibility index (Phi) is 3.55. The number of carbonyl (C=O) groups is 2. The number of carbonyl (C=O) groups excluding carboxylic acids is 2. The molecule has 4 atom stereocenters. The first-order valence-corrected chi connectivity index (χ1v) is 6.75. The van der Waals surface area contributed by atoms with E-state index in [1.807, 2.05) is 11.9 Å². The lowest BCUT2D eigenvalue weighted by Gasteiger charge is -2.36. The highest BCUT2D eigenvalue weighted by molar-refractivity contribution is 5.83. The third-order valence-electron chi connectivity index (χ3n) is 4.81. The van der Waals surface area contributed by atoms with Gasteiger partial charge in [-0.2, -0.15) is 0 Å². The van der Waals surface area contributed by atoms with Crippen LogP contribution in [0.5, 0.6) is 0 Å². The van der Waals surface area contributed by atoms with Crippen LogP contribution in [0.15, 0.2) is 0 Å². The van der Waals surface area contributed by atoms with Crippen molar-refractivity contribution >= 4 is 11.7 Å². The fourth-order valence-corrected chi connectivity index (χ4v) is 3.84. The van der Waals surface area contributed by atoms with E-state index in [0.717, 1.165) is 5.92 Å². The van der Waals surface area contributed by atoms with Gasteiger partial charge in [-0.15, -0.1) is 0 Å². The SMILES string of the molecule is CC(=O)CCC(=O)N(C)C1C2CCC(C2)C1C. The van der Waals surface area contributed by atoms with Gasteiger partial charge in [-0.3, -0.25) is 4.79 Å². The van der Waals surface area contributed by atoms with E-state index in [0.29, 0.717) is 30.7 Å². The number of rotatable bonds is 4. The van der Waals surface area contributed by atoms with Gasteiger partial charge >= 0.3 is 0 Å². The van der Waals surface area contributed by atoms with Crippen molar-refractivity contribution in [2.75, 3.05) is 7.05 Å². The predicted octanol–water partition coefficient (Wildman–Crippen LogP) is 2.25. The molecule has 4 unspecified atom stereocenters. The zero-order valence-corrected chi connectivity index (χ0v) is 11.1. The van der Waals surface area contributed by atoms with Gasteiger partial charge in [0, 0.05) is 25.9 Å². The predicted molar refractivity (Wildman–Crippen MR) is 66.5 cm³/mol. The topological polar surface area (TPSA) is 37.4 Å². The minimum atomic E-state index is 0.104. The van der Waals surface area contributed by atoms with Crippen LogP contribution in [0.2, 0.25) is 0 Å². The van der Waals surface area contributed by atoms with E-state index in [1.54, 1.807) is 6.92 Å². The number of hydrogen-bond donors (Lipinski definition) is 0. The summed E-state index contributed by atoms with van der Waals surface area (Å²) in [7, 11) is 1.92.